The van der Waals surface area contributed by atoms with Gasteiger partial charge in [-0.15, -0.1) is 0 Å². The normalized spacial score (nSPS) is 14.2. The molecule has 2 atom stereocenters. The summed E-state index contributed by atoms with van der Waals surface area (Å²) in [6.45, 7) is 8.38. The molecule has 0 saturated heterocycles. The molecule has 0 fully saturated rings. The van der Waals surface area contributed by atoms with Gasteiger partial charge in [0.15, 0.2) is 0 Å². The average molecular weight is 654 g/mol. The topological polar surface area (TPSA) is 75.9 Å². The van der Waals surface area contributed by atoms with Crippen LogP contribution >= 0.6 is 0 Å². The molecule has 0 spiro atoms. The molecule has 0 saturated carbocycles. The summed E-state index contributed by atoms with van der Waals surface area (Å²) in [5, 5.41) is 7.01. The lowest BCUT2D eigenvalue weighted by Crippen LogP contribution is -2.10. The molecule has 2 aliphatic rings. The largest absolute Gasteiger partial charge is 0.398 e. The number of hydrogen-bond donors (Lipinski definition) is 3. The highest BCUT2D eigenvalue weighted by Crippen LogP contribution is 2.48. The number of anilines is 1. The number of nitrogens with two attached hydrogens (primary N) is 2. The molecule has 0 heterocycles. The van der Waals surface area contributed by atoms with Gasteiger partial charge < -0.3 is 11.5 Å². The third-order valence-corrected chi connectivity index (χ3v) is 8.72. The summed E-state index contributed by atoms with van der Waals surface area (Å²) >= 11 is 0. The zero-order valence-electron chi connectivity index (χ0n) is 29.5. The minimum Gasteiger partial charge on any atom is -0.398 e. The molecular weight excluding hydrogens is 607 g/mol. The van der Waals surface area contributed by atoms with Crippen LogP contribution in [0.1, 0.15) is 59.1 Å². The van der Waals surface area contributed by atoms with Gasteiger partial charge in [0.1, 0.15) is 5.84 Å². The number of nitrogen functional groups attached to an aromatic ring is 2. The number of nitrogens with one attached hydrogen (secondary N) is 1. The number of aryl methyl sites for hydroxylation is 2. The Balaban J connectivity index is 0.000000134. The van der Waals surface area contributed by atoms with Crippen LogP contribution in [-0.2, 0) is 0 Å². The Labute approximate surface area is 298 Å². The van der Waals surface area contributed by atoms with Crippen molar-refractivity contribution < 1.29 is 0 Å². The fourth-order valence-electron chi connectivity index (χ4n) is 5.95. The van der Waals surface area contributed by atoms with Crippen LogP contribution in [0.15, 0.2) is 169 Å². The Morgan fingerprint density at radius 2 is 1.06 bits per heavy atom. The Morgan fingerprint density at radius 3 is 1.60 bits per heavy atom. The Morgan fingerprint density at radius 1 is 0.540 bits per heavy atom. The van der Waals surface area contributed by atoms with E-state index in [9.17, 15) is 0 Å². The molecule has 3 heteroatoms. The number of hydrogen-bond acceptors (Lipinski definition) is 2. The van der Waals surface area contributed by atoms with Crippen LogP contribution in [0.3, 0.4) is 0 Å². The van der Waals surface area contributed by atoms with Crippen LogP contribution in [0.5, 0.6) is 0 Å². The van der Waals surface area contributed by atoms with Gasteiger partial charge in [-0.1, -0.05) is 174 Å². The van der Waals surface area contributed by atoms with Crippen molar-refractivity contribution in [3.05, 3.63) is 203 Å². The van der Waals surface area contributed by atoms with E-state index in [0.717, 1.165) is 28.7 Å². The summed E-state index contributed by atoms with van der Waals surface area (Å²) in [5.74, 6) is 1.60. The lowest BCUT2D eigenvalue weighted by atomic mass is 9.81. The minimum absolute atomic E-state index is 0.121. The second kappa shape index (κ2) is 16.9. The summed E-state index contributed by atoms with van der Waals surface area (Å²) < 4.78 is 0. The van der Waals surface area contributed by atoms with Gasteiger partial charge in [-0.25, -0.2) is 0 Å². The Bertz CT molecular complexity index is 2040. The van der Waals surface area contributed by atoms with E-state index < -0.39 is 0 Å². The second-order valence-corrected chi connectivity index (χ2v) is 13.1. The van der Waals surface area contributed by atoms with E-state index in [0.29, 0.717) is 0 Å². The van der Waals surface area contributed by atoms with Crippen molar-refractivity contribution in [2.45, 2.75) is 39.5 Å². The number of amidine groups is 1. The lowest BCUT2D eigenvalue weighted by molar-refractivity contribution is 0.713. The third kappa shape index (κ3) is 9.58. The van der Waals surface area contributed by atoms with E-state index in [1.54, 1.807) is 0 Å². The van der Waals surface area contributed by atoms with Crippen LogP contribution in [0.4, 0.5) is 5.69 Å². The average Bonchev–Trinajstić information content (AvgIpc) is 3.27. The fourth-order valence-corrected chi connectivity index (χ4v) is 5.95. The quantitative estimate of drug-likeness (QED) is 0.0766. The molecule has 0 aromatic heterocycles. The van der Waals surface area contributed by atoms with Crippen molar-refractivity contribution in [1.29, 1.82) is 5.41 Å². The highest BCUT2D eigenvalue weighted by molar-refractivity contribution is 5.94. The summed E-state index contributed by atoms with van der Waals surface area (Å²) in [4.78, 5) is 0. The summed E-state index contributed by atoms with van der Waals surface area (Å²) in [6.07, 6.45) is 6.72. The number of rotatable bonds is 4. The maximum atomic E-state index is 7.01. The maximum absolute atomic E-state index is 7.01. The number of benzene rings is 6. The minimum atomic E-state index is 0.121. The molecule has 0 amide bonds. The highest BCUT2D eigenvalue weighted by atomic mass is 14.7. The van der Waals surface area contributed by atoms with Gasteiger partial charge in [0.2, 0.25) is 0 Å². The number of allylic oxidation sites excluding steroid dienone is 3. The van der Waals surface area contributed by atoms with Crippen LogP contribution < -0.4 is 11.5 Å². The zero-order chi connectivity index (χ0) is 35.5. The van der Waals surface area contributed by atoms with Crippen molar-refractivity contribution in [3.8, 4) is 22.3 Å². The lowest BCUT2D eigenvalue weighted by Gasteiger charge is -2.22. The van der Waals surface area contributed by atoms with E-state index >= 15 is 0 Å². The Hall–Kier alpha value is -5.93. The standard InChI is InChI=1S/C17H19N.C13H12.C10H8.C7H8N2/c1-12(2)10-16-11-15(8-9-17(16)18)14-6-4-13(3)5-7-14;1-11-6-5-9-13(10-11)12-7-3-2-4-8-12;1-2-7-6-8(3-1)10-5-4-9(7)10;8-7(9)6-4-2-1-3-5-6/h4-11H,18H2,1-3H3;2-10H,1H3;1-6,9-10H;1-5H,(H3,8,9)/t;;9-,10?;/m..0./s1. The molecule has 1 unspecified atom stereocenters. The molecule has 3 nitrogen and oxygen atoms in total. The predicted molar refractivity (Wildman–Crippen MR) is 215 cm³/mol. The van der Waals surface area contributed by atoms with Crippen molar-refractivity contribution in [3.63, 3.8) is 0 Å². The van der Waals surface area contributed by atoms with E-state index in [1.165, 1.54) is 50.1 Å². The molecule has 0 aliphatic heterocycles. The molecule has 6 aromatic carbocycles. The number of fused-ring (bicyclic) bond motifs is 5. The smallest absolute Gasteiger partial charge is 0.122 e. The van der Waals surface area contributed by atoms with E-state index in [2.05, 4.69) is 155 Å². The zero-order valence-corrected chi connectivity index (χ0v) is 29.5. The molecule has 6 aromatic rings. The van der Waals surface area contributed by atoms with Gasteiger partial charge in [-0.3, -0.25) is 5.41 Å². The summed E-state index contributed by atoms with van der Waals surface area (Å²) in [6, 6.07) is 51.9. The maximum Gasteiger partial charge on any atom is 0.122 e. The van der Waals surface area contributed by atoms with Gasteiger partial charge in [0, 0.05) is 23.1 Å². The molecule has 250 valence electrons. The van der Waals surface area contributed by atoms with Gasteiger partial charge >= 0.3 is 0 Å². The first-order valence-corrected chi connectivity index (χ1v) is 17.1. The van der Waals surface area contributed by atoms with Gasteiger partial charge in [0.05, 0.1) is 0 Å². The monoisotopic (exact) mass is 653 g/mol. The van der Waals surface area contributed by atoms with Crippen LogP contribution in [-0.4, -0.2) is 5.84 Å². The molecule has 2 bridgehead atoms. The first-order valence-electron chi connectivity index (χ1n) is 17.1. The van der Waals surface area contributed by atoms with Crippen molar-refractivity contribution in [2.24, 2.45) is 5.73 Å². The first kappa shape index (κ1) is 35.4. The van der Waals surface area contributed by atoms with Crippen LogP contribution in [0.25, 0.3) is 28.3 Å². The van der Waals surface area contributed by atoms with Gasteiger partial charge in [-0.05, 0) is 78.8 Å². The first-order chi connectivity index (χ1) is 24.2. The highest BCUT2D eigenvalue weighted by Gasteiger charge is 2.32. The second-order valence-electron chi connectivity index (χ2n) is 13.1. The molecule has 5 N–H and O–H groups in total. The van der Waals surface area contributed by atoms with Crippen molar-refractivity contribution in [1.82, 2.24) is 0 Å². The molecule has 50 heavy (non-hydrogen) atoms. The van der Waals surface area contributed by atoms with Gasteiger partial charge in [0.25, 0.3) is 0 Å². The molecule has 2 aliphatic carbocycles. The van der Waals surface area contributed by atoms with E-state index in [-0.39, 0.29) is 5.84 Å². The molecule has 0 radical (unpaired) electrons. The molecule has 8 rings (SSSR count). The summed E-state index contributed by atoms with van der Waals surface area (Å²) in [7, 11) is 0. The van der Waals surface area contributed by atoms with Crippen molar-refractivity contribution >= 4 is 17.6 Å². The Kier molecular flexibility index (Phi) is 12.0. The van der Waals surface area contributed by atoms with Gasteiger partial charge in [-0.2, -0.15) is 0 Å². The SMILES string of the molecule is C1=C[C@H]2c3cccc(c3)C12.CC(C)=Cc1cc(-c2ccc(C)cc2)ccc1N.Cc1cccc(-c2ccccc2)c1.N=C(N)c1ccccc1. The van der Waals surface area contributed by atoms with Crippen LogP contribution in [0.2, 0.25) is 0 Å². The molecular formula is C47H47N3. The van der Waals surface area contributed by atoms with E-state index in [4.69, 9.17) is 16.9 Å². The fraction of sp³-hybridized carbons (Fsp3) is 0.128. The summed E-state index contributed by atoms with van der Waals surface area (Å²) in [5.41, 5.74) is 25.7. The third-order valence-electron chi connectivity index (χ3n) is 8.72. The predicted octanol–water partition coefficient (Wildman–Crippen LogP) is 11.7. The van der Waals surface area contributed by atoms with E-state index in [1.807, 2.05) is 42.5 Å². The van der Waals surface area contributed by atoms with Crippen LogP contribution in [0, 0.1) is 19.3 Å². The van der Waals surface area contributed by atoms with Crippen molar-refractivity contribution in [2.75, 3.05) is 5.73 Å².